The highest BCUT2D eigenvalue weighted by Gasteiger charge is 2.28. The van der Waals surface area contributed by atoms with Crippen LogP contribution in [0.15, 0.2) is 18.2 Å². The van der Waals surface area contributed by atoms with Crippen molar-refractivity contribution < 1.29 is 0 Å². The molecule has 0 radical (unpaired) electrons. The van der Waals surface area contributed by atoms with E-state index in [1.54, 1.807) is 0 Å². The fourth-order valence-electron chi connectivity index (χ4n) is 3.83. The summed E-state index contributed by atoms with van der Waals surface area (Å²) in [6.45, 7) is 2.12. The third-order valence-electron chi connectivity index (χ3n) is 5.09. The van der Waals surface area contributed by atoms with E-state index in [-0.39, 0.29) is 6.04 Å². The van der Waals surface area contributed by atoms with Gasteiger partial charge in [-0.25, -0.2) is 4.98 Å². The Labute approximate surface area is 120 Å². The number of fused-ring (bicyclic) bond motifs is 1. The predicted octanol–water partition coefficient (Wildman–Crippen LogP) is 3.87. The Morgan fingerprint density at radius 1 is 1.20 bits per heavy atom. The molecule has 20 heavy (non-hydrogen) atoms. The minimum absolute atomic E-state index is 0.188. The molecular weight excluding hydrogens is 246 g/mol. The fourth-order valence-corrected chi connectivity index (χ4v) is 3.83. The van der Waals surface area contributed by atoms with Gasteiger partial charge < -0.3 is 10.3 Å². The van der Waals surface area contributed by atoms with Crippen LogP contribution in [-0.2, 0) is 0 Å². The number of hydrogen-bond acceptors (Lipinski definition) is 2. The molecule has 1 unspecified atom stereocenters. The van der Waals surface area contributed by atoms with Crippen molar-refractivity contribution in [2.75, 3.05) is 0 Å². The van der Waals surface area contributed by atoms with Crippen LogP contribution < -0.4 is 5.73 Å². The molecule has 106 valence electrons. The van der Waals surface area contributed by atoms with Crippen LogP contribution in [0.3, 0.4) is 0 Å². The molecule has 2 N–H and O–H groups in total. The zero-order valence-corrected chi connectivity index (χ0v) is 12.2. The van der Waals surface area contributed by atoms with Gasteiger partial charge in [0.1, 0.15) is 5.82 Å². The van der Waals surface area contributed by atoms with Crippen LogP contribution in [0.25, 0.3) is 11.0 Å². The van der Waals surface area contributed by atoms with E-state index < -0.39 is 0 Å². The fraction of sp³-hybridized carbons (Fsp3) is 0.588. The summed E-state index contributed by atoms with van der Waals surface area (Å²) in [5.41, 5.74) is 10.2. The quantitative estimate of drug-likeness (QED) is 0.919. The van der Waals surface area contributed by atoms with Gasteiger partial charge in [0.05, 0.1) is 11.0 Å². The standard InChI is InChI=1S/C17H23N3/c1-11-19-15-10-13(17(18)12-4-2-3-5-12)6-9-16(15)20(11)14-7-8-14/h6,9-10,12,14,17H,2-5,7-8,18H2,1H3. The summed E-state index contributed by atoms with van der Waals surface area (Å²) in [4.78, 5) is 4.75. The summed E-state index contributed by atoms with van der Waals surface area (Å²) in [5.74, 6) is 1.81. The highest BCUT2D eigenvalue weighted by atomic mass is 15.1. The van der Waals surface area contributed by atoms with E-state index in [0.29, 0.717) is 12.0 Å². The molecule has 3 heteroatoms. The summed E-state index contributed by atoms with van der Waals surface area (Å²) in [7, 11) is 0. The molecule has 3 nitrogen and oxygen atoms in total. The maximum absolute atomic E-state index is 6.47. The van der Waals surface area contributed by atoms with Crippen molar-refractivity contribution in [1.82, 2.24) is 9.55 Å². The number of hydrogen-bond donors (Lipinski definition) is 1. The van der Waals surface area contributed by atoms with Crippen molar-refractivity contribution in [2.24, 2.45) is 11.7 Å². The lowest BCUT2D eigenvalue weighted by atomic mass is 9.92. The molecule has 2 aliphatic carbocycles. The smallest absolute Gasteiger partial charge is 0.106 e. The van der Waals surface area contributed by atoms with Crippen LogP contribution in [0.5, 0.6) is 0 Å². The second-order valence-electron chi connectivity index (χ2n) is 6.58. The molecule has 2 saturated carbocycles. The van der Waals surface area contributed by atoms with Crippen molar-refractivity contribution in [2.45, 2.75) is 57.5 Å². The van der Waals surface area contributed by atoms with Gasteiger partial charge in [-0.1, -0.05) is 18.9 Å². The minimum Gasteiger partial charge on any atom is -0.325 e. The van der Waals surface area contributed by atoms with Gasteiger partial charge >= 0.3 is 0 Å². The highest BCUT2D eigenvalue weighted by molar-refractivity contribution is 5.77. The lowest BCUT2D eigenvalue weighted by Crippen LogP contribution is -2.18. The summed E-state index contributed by atoms with van der Waals surface area (Å²) in [6.07, 6.45) is 7.86. The first-order valence-electron chi connectivity index (χ1n) is 7.98. The first kappa shape index (κ1) is 12.4. The third kappa shape index (κ3) is 1.96. The molecule has 1 atom stereocenters. The van der Waals surface area contributed by atoms with Crippen LogP contribution >= 0.6 is 0 Å². The number of nitrogens with zero attached hydrogens (tertiary/aromatic N) is 2. The summed E-state index contributed by atoms with van der Waals surface area (Å²) < 4.78 is 2.40. The molecule has 2 aromatic rings. The van der Waals surface area contributed by atoms with E-state index in [0.717, 1.165) is 11.3 Å². The third-order valence-corrected chi connectivity index (χ3v) is 5.09. The van der Waals surface area contributed by atoms with Gasteiger partial charge in [-0.2, -0.15) is 0 Å². The number of imidazole rings is 1. The van der Waals surface area contributed by atoms with Gasteiger partial charge in [-0.15, -0.1) is 0 Å². The first-order chi connectivity index (χ1) is 9.74. The molecule has 0 amide bonds. The van der Waals surface area contributed by atoms with Crippen LogP contribution in [-0.4, -0.2) is 9.55 Å². The summed E-state index contributed by atoms with van der Waals surface area (Å²) in [5, 5.41) is 0. The van der Waals surface area contributed by atoms with Crippen LogP contribution in [0, 0.1) is 12.8 Å². The summed E-state index contributed by atoms with van der Waals surface area (Å²) >= 11 is 0. The van der Waals surface area contributed by atoms with Crippen LogP contribution in [0.4, 0.5) is 0 Å². The van der Waals surface area contributed by atoms with E-state index >= 15 is 0 Å². The molecule has 0 aliphatic heterocycles. The lowest BCUT2D eigenvalue weighted by Gasteiger charge is -2.19. The largest absolute Gasteiger partial charge is 0.325 e. The molecule has 0 spiro atoms. The number of benzene rings is 1. The van der Waals surface area contributed by atoms with Gasteiger partial charge in [0.15, 0.2) is 0 Å². The van der Waals surface area contributed by atoms with Gasteiger partial charge in [0, 0.05) is 12.1 Å². The van der Waals surface area contributed by atoms with Gasteiger partial charge in [0.25, 0.3) is 0 Å². The van der Waals surface area contributed by atoms with E-state index in [2.05, 4.69) is 29.7 Å². The Kier molecular flexibility index (Phi) is 2.84. The molecule has 0 saturated heterocycles. The molecule has 1 aromatic heterocycles. The number of rotatable bonds is 3. The van der Waals surface area contributed by atoms with Crippen molar-refractivity contribution in [3.8, 4) is 0 Å². The molecule has 4 rings (SSSR count). The second-order valence-corrected chi connectivity index (χ2v) is 6.58. The van der Waals surface area contributed by atoms with Gasteiger partial charge in [0.2, 0.25) is 0 Å². The van der Waals surface area contributed by atoms with Crippen molar-refractivity contribution in [1.29, 1.82) is 0 Å². The van der Waals surface area contributed by atoms with Gasteiger partial charge in [-0.05, 0) is 56.2 Å². The van der Waals surface area contributed by atoms with Crippen molar-refractivity contribution in [3.05, 3.63) is 29.6 Å². The maximum Gasteiger partial charge on any atom is 0.106 e. The Morgan fingerprint density at radius 2 is 1.95 bits per heavy atom. The number of aryl methyl sites for hydroxylation is 1. The summed E-state index contributed by atoms with van der Waals surface area (Å²) in [6, 6.07) is 7.57. The van der Waals surface area contributed by atoms with Crippen LogP contribution in [0.1, 0.15) is 62.0 Å². The number of aromatic nitrogens is 2. The van der Waals surface area contributed by atoms with Crippen molar-refractivity contribution >= 4 is 11.0 Å². The molecule has 0 bridgehead atoms. The van der Waals surface area contributed by atoms with E-state index in [1.165, 1.54) is 49.6 Å². The number of nitrogens with two attached hydrogens (primary N) is 1. The zero-order chi connectivity index (χ0) is 13.7. The topological polar surface area (TPSA) is 43.8 Å². The molecule has 2 fully saturated rings. The minimum atomic E-state index is 0.188. The Morgan fingerprint density at radius 3 is 2.65 bits per heavy atom. The molecule has 1 heterocycles. The molecular formula is C17H23N3. The highest BCUT2D eigenvalue weighted by Crippen LogP contribution is 2.39. The maximum atomic E-state index is 6.47. The molecule has 2 aliphatic rings. The zero-order valence-electron chi connectivity index (χ0n) is 12.2. The second kappa shape index (κ2) is 4.59. The van der Waals surface area contributed by atoms with E-state index in [4.69, 9.17) is 10.7 Å². The SMILES string of the molecule is Cc1nc2cc(C(N)C3CCCC3)ccc2n1C1CC1. The monoisotopic (exact) mass is 269 g/mol. The average Bonchev–Trinajstić information content (AvgIpc) is 3.02. The predicted molar refractivity (Wildman–Crippen MR) is 81.6 cm³/mol. The normalized spacial score (nSPS) is 21.7. The Hall–Kier alpha value is -1.35. The molecule has 1 aromatic carbocycles. The first-order valence-corrected chi connectivity index (χ1v) is 7.98. The lowest BCUT2D eigenvalue weighted by molar-refractivity contribution is 0.445. The Balaban J connectivity index is 1.71. The Bertz CT molecular complexity index is 633. The van der Waals surface area contributed by atoms with E-state index in [1.807, 2.05) is 0 Å². The average molecular weight is 269 g/mol. The van der Waals surface area contributed by atoms with Gasteiger partial charge in [-0.3, -0.25) is 0 Å². The van der Waals surface area contributed by atoms with E-state index in [9.17, 15) is 0 Å². The van der Waals surface area contributed by atoms with Crippen LogP contribution in [0.2, 0.25) is 0 Å². The van der Waals surface area contributed by atoms with Crippen molar-refractivity contribution in [3.63, 3.8) is 0 Å².